The van der Waals surface area contributed by atoms with Crippen LogP contribution in [0.5, 0.6) is 0 Å². The highest BCUT2D eigenvalue weighted by Crippen LogP contribution is 2.13. The Kier molecular flexibility index (Phi) is 4.37. The molecule has 1 aromatic rings. The van der Waals surface area contributed by atoms with E-state index in [1.165, 1.54) is 12.3 Å². The minimum atomic E-state index is -0.627. The number of anilines is 1. The summed E-state index contributed by atoms with van der Waals surface area (Å²) in [6.07, 6.45) is 3.26. The van der Waals surface area contributed by atoms with E-state index in [1.54, 1.807) is 0 Å². The molecule has 3 N–H and O–H groups in total. The molecule has 1 amide bonds. The fourth-order valence-electron chi connectivity index (χ4n) is 1.20. The Bertz CT molecular complexity index is 370. The van der Waals surface area contributed by atoms with E-state index in [0.29, 0.717) is 0 Å². The maximum atomic E-state index is 13.2. The molecule has 1 heterocycles. The van der Waals surface area contributed by atoms with Crippen LogP contribution in [0.4, 0.5) is 10.1 Å². The lowest BCUT2D eigenvalue weighted by molar-refractivity contribution is -0.118. The van der Waals surface area contributed by atoms with Gasteiger partial charge in [0.15, 0.2) is 5.82 Å². The van der Waals surface area contributed by atoms with E-state index in [9.17, 15) is 9.18 Å². The number of amides is 1. The van der Waals surface area contributed by atoms with Gasteiger partial charge in [0.1, 0.15) is 0 Å². The first-order chi connectivity index (χ1) is 7.56. The van der Waals surface area contributed by atoms with Gasteiger partial charge < -0.3 is 11.1 Å². The molecule has 0 spiro atoms. The Morgan fingerprint density at radius 3 is 2.94 bits per heavy atom. The SMILES string of the molecule is CCC(C)[C@H](N)C(=O)Nc1ccncc1F. The van der Waals surface area contributed by atoms with Crippen LogP contribution in [-0.4, -0.2) is 16.9 Å². The maximum Gasteiger partial charge on any atom is 0.241 e. The van der Waals surface area contributed by atoms with Gasteiger partial charge in [-0.1, -0.05) is 20.3 Å². The minimum Gasteiger partial charge on any atom is -0.322 e. The smallest absolute Gasteiger partial charge is 0.241 e. The minimum absolute atomic E-state index is 0.0601. The van der Waals surface area contributed by atoms with Gasteiger partial charge in [-0.25, -0.2) is 4.39 Å². The van der Waals surface area contributed by atoms with Crippen molar-refractivity contribution in [2.45, 2.75) is 26.3 Å². The monoisotopic (exact) mass is 225 g/mol. The predicted molar refractivity (Wildman–Crippen MR) is 60.3 cm³/mol. The average molecular weight is 225 g/mol. The number of carbonyl (C=O) groups excluding carboxylic acids is 1. The van der Waals surface area contributed by atoms with Crippen LogP contribution in [-0.2, 0) is 4.79 Å². The first kappa shape index (κ1) is 12.6. The molecular weight excluding hydrogens is 209 g/mol. The zero-order valence-corrected chi connectivity index (χ0v) is 9.40. The molecule has 16 heavy (non-hydrogen) atoms. The van der Waals surface area contributed by atoms with Crippen molar-refractivity contribution >= 4 is 11.6 Å². The average Bonchev–Trinajstić information content (AvgIpc) is 2.30. The summed E-state index contributed by atoms with van der Waals surface area (Å²) >= 11 is 0. The lowest BCUT2D eigenvalue weighted by atomic mass is 9.99. The molecule has 1 unspecified atom stereocenters. The third-order valence-electron chi connectivity index (χ3n) is 2.59. The molecule has 0 saturated carbocycles. The Morgan fingerprint density at radius 1 is 1.69 bits per heavy atom. The summed E-state index contributed by atoms with van der Waals surface area (Å²) in [4.78, 5) is 15.2. The van der Waals surface area contributed by atoms with Crippen molar-refractivity contribution in [1.29, 1.82) is 0 Å². The molecule has 5 heteroatoms. The van der Waals surface area contributed by atoms with Gasteiger partial charge >= 0.3 is 0 Å². The standard InChI is InChI=1S/C11H16FN3O/c1-3-7(2)10(13)11(16)15-9-4-5-14-6-8(9)12/h4-7,10H,3,13H2,1-2H3,(H,14,15,16)/t7?,10-/m0/s1. The third kappa shape index (κ3) is 3.00. The van der Waals surface area contributed by atoms with Crippen molar-refractivity contribution in [3.05, 3.63) is 24.3 Å². The number of nitrogens with one attached hydrogen (secondary N) is 1. The number of nitrogens with zero attached hydrogens (tertiary/aromatic N) is 1. The number of pyridine rings is 1. The largest absolute Gasteiger partial charge is 0.322 e. The summed E-state index contributed by atoms with van der Waals surface area (Å²) in [6.45, 7) is 3.83. The Balaban J connectivity index is 2.68. The first-order valence-electron chi connectivity index (χ1n) is 5.22. The van der Waals surface area contributed by atoms with Crippen molar-refractivity contribution in [1.82, 2.24) is 4.98 Å². The Labute approximate surface area is 94.1 Å². The molecule has 0 aliphatic carbocycles. The zero-order valence-electron chi connectivity index (χ0n) is 9.40. The summed E-state index contributed by atoms with van der Waals surface area (Å²) < 4.78 is 13.2. The number of carbonyl (C=O) groups is 1. The van der Waals surface area contributed by atoms with Crippen LogP contribution in [0.2, 0.25) is 0 Å². The summed E-state index contributed by atoms with van der Waals surface area (Å²) in [7, 11) is 0. The lowest BCUT2D eigenvalue weighted by Gasteiger charge is -2.17. The predicted octanol–water partition coefficient (Wildman–Crippen LogP) is 1.53. The number of hydrogen-bond acceptors (Lipinski definition) is 3. The van der Waals surface area contributed by atoms with Crippen molar-refractivity contribution in [3.8, 4) is 0 Å². The van der Waals surface area contributed by atoms with E-state index >= 15 is 0 Å². The van der Waals surface area contributed by atoms with Crippen LogP contribution in [0.1, 0.15) is 20.3 Å². The quantitative estimate of drug-likeness (QED) is 0.816. The topological polar surface area (TPSA) is 68.0 Å². The second kappa shape index (κ2) is 5.55. The number of halogens is 1. The number of hydrogen-bond donors (Lipinski definition) is 2. The highest BCUT2D eigenvalue weighted by molar-refractivity contribution is 5.94. The van der Waals surface area contributed by atoms with Crippen LogP contribution >= 0.6 is 0 Å². The molecule has 0 aromatic carbocycles. The van der Waals surface area contributed by atoms with Crippen LogP contribution in [0, 0.1) is 11.7 Å². The molecule has 2 atom stereocenters. The van der Waals surface area contributed by atoms with Crippen LogP contribution < -0.4 is 11.1 Å². The van der Waals surface area contributed by atoms with E-state index in [1.807, 2.05) is 13.8 Å². The number of nitrogens with two attached hydrogens (primary N) is 1. The Morgan fingerprint density at radius 2 is 2.38 bits per heavy atom. The second-order valence-electron chi connectivity index (χ2n) is 3.76. The van der Waals surface area contributed by atoms with Crippen molar-refractivity contribution in [2.24, 2.45) is 11.7 Å². The van der Waals surface area contributed by atoms with Crippen LogP contribution in [0.15, 0.2) is 18.5 Å². The molecule has 88 valence electrons. The van der Waals surface area contributed by atoms with Crippen molar-refractivity contribution < 1.29 is 9.18 Å². The van der Waals surface area contributed by atoms with Gasteiger partial charge in [-0.05, 0) is 12.0 Å². The van der Waals surface area contributed by atoms with Gasteiger partial charge in [0.05, 0.1) is 17.9 Å². The van der Waals surface area contributed by atoms with Gasteiger partial charge in [-0.15, -0.1) is 0 Å². The van der Waals surface area contributed by atoms with Gasteiger partial charge in [0, 0.05) is 6.20 Å². The molecule has 0 bridgehead atoms. The molecule has 1 aromatic heterocycles. The second-order valence-corrected chi connectivity index (χ2v) is 3.76. The number of rotatable bonds is 4. The van der Waals surface area contributed by atoms with Crippen LogP contribution in [0.3, 0.4) is 0 Å². The van der Waals surface area contributed by atoms with E-state index < -0.39 is 11.9 Å². The molecule has 0 fully saturated rings. The summed E-state index contributed by atoms with van der Waals surface area (Å²) in [5, 5.41) is 2.45. The Hall–Kier alpha value is -1.49. The lowest BCUT2D eigenvalue weighted by Crippen LogP contribution is -2.40. The normalized spacial score (nSPS) is 14.2. The third-order valence-corrected chi connectivity index (χ3v) is 2.59. The van der Waals surface area contributed by atoms with E-state index in [0.717, 1.165) is 12.6 Å². The van der Waals surface area contributed by atoms with Gasteiger partial charge in [0.2, 0.25) is 5.91 Å². The van der Waals surface area contributed by atoms with Gasteiger partial charge in [0.25, 0.3) is 0 Å². The van der Waals surface area contributed by atoms with Gasteiger partial charge in [-0.3, -0.25) is 9.78 Å². The first-order valence-corrected chi connectivity index (χ1v) is 5.22. The van der Waals surface area contributed by atoms with E-state index in [-0.39, 0.29) is 17.5 Å². The zero-order chi connectivity index (χ0) is 12.1. The van der Waals surface area contributed by atoms with Gasteiger partial charge in [-0.2, -0.15) is 0 Å². The fraction of sp³-hybridized carbons (Fsp3) is 0.455. The molecule has 0 saturated heterocycles. The fourth-order valence-corrected chi connectivity index (χ4v) is 1.20. The summed E-state index contributed by atoms with van der Waals surface area (Å²) in [5.41, 5.74) is 5.83. The van der Waals surface area contributed by atoms with Crippen molar-refractivity contribution in [2.75, 3.05) is 5.32 Å². The molecule has 1 rings (SSSR count). The van der Waals surface area contributed by atoms with Crippen LogP contribution in [0.25, 0.3) is 0 Å². The van der Waals surface area contributed by atoms with Crippen molar-refractivity contribution in [3.63, 3.8) is 0 Å². The van der Waals surface area contributed by atoms with E-state index in [4.69, 9.17) is 5.73 Å². The highest BCUT2D eigenvalue weighted by atomic mass is 19.1. The molecule has 4 nitrogen and oxygen atoms in total. The number of aromatic nitrogens is 1. The highest BCUT2D eigenvalue weighted by Gasteiger charge is 2.20. The maximum absolute atomic E-state index is 13.2. The molecular formula is C11H16FN3O. The summed E-state index contributed by atoms with van der Waals surface area (Å²) in [6, 6.07) is 0.772. The molecule has 0 radical (unpaired) electrons. The van der Waals surface area contributed by atoms with E-state index in [2.05, 4.69) is 10.3 Å². The molecule has 0 aliphatic heterocycles. The molecule has 0 aliphatic rings. The summed E-state index contributed by atoms with van der Waals surface area (Å²) in [5.74, 6) is -0.878.